The van der Waals surface area contributed by atoms with Gasteiger partial charge in [-0.15, -0.1) is 0 Å². The lowest BCUT2D eigenvalue weighted by Gasteiger charge is -2.09. The number of nitrogens with one attached hydrogen (secondary N) is 2. The van der Waals surface area contributed by atoms with Gasteiger partial charge in [-0.1, -0.05) is 12.1 Å². The number of nitrogens with zero attached hydrogens (tertiary/aromatic N) is 3. The Kier molecular flexibility index (Phi) is 5.15. The summed E-state index contributed by atoms with van der Waals surface area (Å²) in [6.45, 7) is 0.410. The fourth-order valence-electron chi connectivity index (χ4n) is 2.30. The van der Waals surface area contributed by atoms with Crippen molar-refractivity contribution in [2.24, 2.45) is 0 Å². The van der Waals surface area contributed by atoms with Crippen LogP contribution >= 0.6 is 0 Å². The fraction of sp³-hybridized carbons (Fsp3) is 0.0526. The van der Waals surface area contributed by atoms with Crippen LogP contribution < -0.4 is 10.6 Å². The molecule has 0 spiro atoms. The molecule has 0 aliphatic heterocycles. The second kappa shape index (κ2) is 7.85. The summed E-state index contributed by atoms with van der Waals surface area (Å²) in [4.78, 5) is 20.2. The number of halogens is 1. The predicted octanol–water partition coefficient (Wildman–Crippen LogP) is 3.35. The van der Waals surface area contributed by atoms with Crippen molar-refractivity contribution >= 4 is 17.4 Å². The summed E-state index contributed by atoms with van der Waals surface area (Å²) in [5, 5.41) is 14.8. The molecule has 0 bridgehead atoms. The van der Waals surface area contributed by atoms with Gasteiger partial charge < -0.3 is 10.6 Å². The van der Waals surface area contributed by atoms with Gasteiger partial charge in [-0.2, -0.15) is 5.26 Å². The number of amides is 1. The summed E-state index contributed by atoms with van der Waals surface area (Å²) in [7, 11) is 0. The van der Waals surface area contributed by atoms with E-state index < -0.39 is 5.82 Å². The minimum Gasteiger partial charge on any atom is -0.364 e. The van der Waals surface area contributed by atoms with Gasteiger partial charge in [0.2, 0.25) is 0 Å². The number of benzene rings is 2. The van der Waals surface area contributed by atoms with Gasteiger partial charge in [-0.3, -0.25) is 4.79 Å². The largest absolute Gasteiger partial charge is 0.364 e. The molecule has 0 unspecified atom stereocenters. The van der Waals surface area contributed by atoms with E-state index in [2.05, 4.69) is 20.6 Å². The van der Waals surface area contributed by atoms with Crippen LogP contribution in [-0.4, -0.2) is 15.9 Å². The third kappa shape index (κ3) is 4.19. The fourth-order valence-corrected chi connectivity index (χ4v) is 2.30. The predicted molar refractivity (Wildman–Crippen MR) is 94.9 cm³/mol. The van der Waals surface area contributed by atoms with Gasteiger partial charge in [-0.05, 0) is 42.0 Å². The van der Waals surface area contributed by atoms with Gasteiger partial charge in [0, 0.05) is 30.2 Å². The lowest BCUT2D eigenvalue weighted by Crippen LogP contribution is -2.12. The number of aromatic nitrogens is 2. The van der Waals surface area contributed by atoms with Crippen LogP contribution in [0, 0.1) is 17.1 Å². The highest BCUT2D eigenvalue weighted by Crippen LogP contribution is 2.15. The first-order valence-corrected chi connectivity index (χ1v) is 7.76. The molecule has 2 N–H and O–H groups in total. The van der Waals surface area contributed by atoms with E-state index >= 15 is 0 Å². The number of hydrogen-bond acceptors (Lipinski definition) is 5. The summed E-state index contributed by atoms with van der Waals surface area (Å²) >= 11 is 0. The molecule has 3 aromatic rings. The summed E-state index contributed by atoms with van der Waals surface area (Å²) < 4.78 is 12.9. The number of carbonyl (C=O) groups is 1. The van der Waals surface area contributed by atoms with E-state index in [1.165, 1.54) is 36.7 Å². The number of nitriles is 1. The van der Waals surface area contributed by atoms with Crippen LogP contribution in [0.5, 0.6) is 0 Å². The minimum absolute atomic E-state index is 0.216. The maximum Gasteiger partial charge on any atom is 0.255 e. The smallest absolute Gasteiger partial charge is 0.255 e. The lowest BCUT2D eigenvalue weighted by atomic mass is 10.1. The zero-order valence-electron chi connectivity index (χ0n) is 13.6. The molecule has 0 saturated carbocycles. The van der Waals surface area contributed by atoms with E-state index in [4.69, 9.17) is 5.26 Å². The quantitative estimate of drug-likeness (QED) is 0.738. The Morgan fingerprint density at radius 1 is 1.12 bits per heavy atom. The molecule has 1 amide bonds. The summed E-state index contributed by atoms with van der Waals surface area (Å²) in [5.41, 5.74) is 2.08. The maximum absolute atomic E-state index is 12.9. The van der Waals surface area contributed by atoms with E-state index in [9.17, 15) is 9.18 Å². The highest BCUT2D eigenvalue weighted by Gasteiger charge is 2.07. The van der Waals surface area contributed by atoms with Gasteiger partial charge in [-0.25, -0.2) is 14.4 Å². The Bertz CT molecular complexity index is 966. The summed E-state index contributed by atoms with van der Waals surface area (Å²) in [6, 6.07) is 14.5. The van der Waals surface area contributed by atoms with Crippen molar-refractivity contribution in [1.82, 2.24) is 9.97 Å². The molecule has 128 valence electrons. The highest BCUT2D eigenvalue weighted by molar-refractivity contribution is 6.04. The SMILES string of the molecule is N#Cc1nccnc1NCc1cccc(NC(=O)c2ccc(F)cc2)c1. The molecule has 3 rings (SSSR count). The second-order valence-corrected chi connectivity index (χ2v) is 5.38. The first-order valence-electron chi connectivity index (χ1n) is 7.76. The third-order valence-corrected chi connectivity index (χ3v) is 3.56. The van der Waals surface area contributed by atoms with Crippen LogP contribution in [0.25, 0.3) is 0 Å². The summed E-state index contributed by atoms with van der Waals surface area (Å²) in [5.74, 6) is -0.318. The van der Waals surface area contributed by atoms with Crippen molar-refractivity contribution in [2.45, 2.75) is 6.54 Å². The number of hydrogen-bond donors (Lipinski definition) is 2. The average Bonchev–Trinajstić information content (AvgIpc) is 2.67. The molecule has 0 fully saturated rings. The maximum atomic E-state index is 12.9. The Labute approximate surface area is 149 Å². The van der Waals surface area contributed by atoms with Crippen molar-refractivity contribution in [3.8, 4) is 6.07 Å². The molecule has 1 heterocycles. The zero-order valence-corrected chi connectivity index (χ0v) is 13.6. The van der Waals surface area contributed by atoms with Crippen LogP contribution in [0.3, 0.4) is 0 Å². The second-order valence-electron chi connectivity index (χ2n) is 5.38. The molecule has 7 heteroatoms. The molecule has 26 heavy (non-hydrogen) atoms. The number of carbonyl (C=O) groups excluding carboxylic acids is 1. The molecule has 0 aliphatic rings. The van der Waals surface area contributed by atoms with E-state index in [-0.39, 0.29) is 11.6 Å². The standard InChI is InChI=1S/C19H14FN5O/c20-15-6-4-14(5-7-15)19(26)25-16-3-1-2-13(10-16)12-24-18-17(11-21)22-8-9-23-18/h1-10H,12H2,(H,23,24)(H,25,26). The molecule has 0 saturated heterocycles. The molecular weight excluding hydrogens is 333 g/mol. The normalized spacial score (nSPS) is 10.0. The Morgan fingerprint density at radius 3 is 2.65 bits per heavy atom. The Morgan fingerprint density at radius 2 is 1.88 bits per heavy atom. The molecule has 6 nitrogen and oxygen atoms in total. The van der Waals surface area contributed by atoms with Gasteiger partial charge in [0.25, 0.3) is 5.91 Å². The first kappa shape index (κ1) is 17.0. The highest BCUT2D eigenvalue weighted by atomic mass is 19.1. The zero-order chi connectivity index (χ0) is 18.4. The van der Waals surface area contributed by atoms with Gasteiger partial charge in [0.15, 0.2) is 11.5 Å². The van der Waals surface area contributed by atoms with Crippen molar-refractivity contribution in [3.05, 3.63) is 83.6 Å². The lowest BCUT2D eigenvalue weighted by molar-refractivity contribution is 0.102. The van der Waals surface area contributed by atoms with Crippen molar-refractivity contribution in [2.75, 3.05) is 10.6 Å². The monoisotopic (exact) mass is 347 g/mol. The van der Waals surface area contributed by atoms with Crippen LogP contribution in [0.2, 0.25) is 0 Å². The van der Waals surface area contributed by atoms with Gasteiger partial charge >= 0.3 is 0 Å². The molecule has 2 aromatic carbocycles. The van der Waals surface area contributed by atoms with Crippen LogP contribution in [0.15, 0.2) is 60.9 Å². The Balaban J connectivity index is 1.67. The van der Waals surface area contributed by atoms with E-state index in [1.807, 2.05) is 12.1 Å². The van der Waals surface area contributed by atoms with Crippen LogP contribution in [0.4, 0.5) is 15.9 Å². The topological polar surface area (TPSA) is 90.7 Å². The van der Waals surface area contributed by atoms with E-state index in [0.717, 1.165) is 5.56 Å². The van der Waals surface area contributed by atoms with Crippen LogP contribution in [-0.2, 0) is 6.54 Å². The Hall–Kier alpha value is -3.79. The van der Waals surface area contributed by atoms with Crippen molar-refractivity contribution < 1.29 is 9.18 Å². The van der Waals surface area contributed by atoms with Crippen molar-refractivity contribution in [3.63, 3.8) is 0 Å². The average molecular weight is 347 g/mol. The summed E-state index contributed by atoms with van der Waals surface area (Å²) in [6.07, 6.45) is 2.96. The van der Waals surface area contributed by atoms with E-state index in [0.29, 0.717) is 23.6 Å². The number of rotatable bonds is 5. The van der Waals surface area contributed by atoms with Crippen LogP contribution in [0.1, 0.15) is 21.6 Å². The number of anilines is 2. The van der Waals surface area contributed by atoms with E-state index in [1.54, 1.807) is 18.2 Å². The molecule has 1 aromatic heterocycles. The van der Waals surface area contributed by atoms with Gasteiger partial charge in [0.05, 0.1) is 0 Å². The first-order chi connectivity index (χ1) is 12.7. The minimum atomic E-state index is -0.393. The van der Waals surface area contributed by atoms with Gasteiger partial charge in [0.1, 0.15) is 11.9 Å². The third-order valence-electron chi connectivity index (χ3n) is 3.56. The molecule has 0 radical (unpaired) electrons. The molecule has 0 aliphatic carbocycles. The van der Waals surface area contributed by atoms with Crippen molar-refractivity contribution in [1.29, 1.82) is 5.26 Å². The molecule has 0 atom stereocenters. The molecular formula is C19H14FN5O.